The monoisotopic (exact) mass is 282 g/mol. The molecule has 19 heavy (non-hydrogen) atoms. The number of halogens is 1. The Morgan fingerprint density at radius 2 is 2.11 bits per heavy atom. The maximum Gasteiger partial charge on any atom is 0.274 e. The van der Waals surface area contributed by atoms with E-state index in [4.69, 9.17) is 15.9 Å². The van der Waals surface area contributed by atoms with Gasteiger partial charge in [-0.25, -0.2) is 0 Å². The Hall–Kier alpha value is -2.21. The fourth-order valence-corrected chi connectivity index (χ4v) is 1.86. The van der Waals surface area contributed by atoms with Gasteiger partial charge in [0.15, 0.2) is 5.96 Å². The number of rotatable bonds is 2. The molecular formula is C12H15ClN4O2. The van der Waals surface area contributed by atoms with Crippen LogP contribution in [-0.4, -0.2) is 23.5 Å². The SMILES string of the molecule is COc1ccc2c(c1)cc(C(=O)NC(=N)N)n2C.Cl. The summed E-state index contributed by atoms with van der Waals surface area (Å²) in [6, 6.07) is 7.28. The normalized spacial score (nSPS) is 9.79. The van der Waals surface area contributed by atoms with Crippen molar-refractivity contribution >= 4 is 35.2 Å². The van der Waals surface area contributed by atoms with E-state index in [1.54, 1.807) is 24.8 Å². The zero-order chi connectivity index (χ0) is 13.3. The van der Waals surface area contributed by atoms with E-state index in [1.165, 1.54) is 0 Å². The van der Waals surface area contributed by atoms with Crippen LogP contribution in [0.5, 0.6) is 5.75 Å². The van der Waals surface area contributed by atoms with Gasteiger partial charge in [0.1, 0.15) is 11.4 Å². The number of guanidine groups is 1. The molecule has 0 aliphatic carbocycles. The zero-order valence-electron chi connectivity index (χ0n) is 10.6. The highest BCUT2D eigenvalue weighted by Gasteiger charge is 2.14. The number of fused-ring (bicyclic) bond motifs is 1. The first-order valence-corrected chi connectivity index (χ1v) is 5.31. The van der Waals surface area contributed by atoms with Crippen molar-refractivity contribution in [3.05, 3.63) is 30.0 Å². The van der Waals surface area contributed by atoms with Crippen LogP contribution in [0.3, 0.4) is 0 Å². The summed E-state index contributed by atoms with van der Waals surface area (Å²) in [5.41, 5.74) is 6.49. The van der Waals surface area contributed by atoms with Crippen LogP contribution in [0.4, 0.5) is 0 Å². The molecule has 0 spiro atoms. The van der Waals surface area contributed by atoms with E-state index in [-0.39, 0.29) is 18.4 Å². The summed E-state index contributed by atoms with van der Waals surface area (Å²) < 4.78 is 6.88. The number of carbonyl (C=O) groups is 1. The fourth-order valence-electron chi connectivity index (χ4n) is 1.86. The van der Waals surface area contributed by atoms with Crippen molar-refractivity contribution in [3.63, 3.8) is 0 Å². The third-order valence-corrected chi connectivity index (χ3v) is 2.73. The first kappa shape index (κ1) is 14.8. The van der Waals surface area contributed by atoms with Crippen molar-refractivity contribution in [2.24, 2.45) is 12.8 Å². The van der Waals surface area contributed by atoms with Gasteiger partial charge in [-0.1, -0.05) is 0 Å². The number of hydrogen-bond acceptors (Lipinski definition) is 3. The summed E-state index contributed by atoms with van der Waals surface area (Å²) >= 11 is 0. The van der Waals surface area contributed by atoms with Gasteiger partial charge in [-0.2, -0.15) is 0 Å². The minimum atomic E-state index is -0.403. The Bertz CT molecular complexity index is 636. The first-order valence-electron chi connectivity index (χ1n) is 5.31. The van der Waals surface area contributed by atoms with Crippen molar-refractivity contribution in [2.75, 3.05) is 7.11 Å². The van der Waals surface area contributed by atoms with Gasteiger partial charge >= 0.3 is 0 Å². The molecular weight excluding hydrogens is 268 g/mol. The van der Waals surface area contributed by atoms with E-state index in [0.717, 1.165) is 16.7 Å². The molecule has 2 rings (SSSR count). The number of hydrogen-bond donors (Lipinski definition) is 3. The zero-order valence-corrected chi connectivity index (χ0v) is 11.4. The highest BCUT2D eigenvalue weighted by atomic mass is 35.5. The van der Waals surface area contributed by atoms with Crippen LogP contribution in [0, 0.1) is 5.41 Å². The molecule has 0 atom stereocenters. The molecule has 1 aromatic heterocycles. The van der Waals surface area contributed by atoms with Crippen molar-refractivity contribution < 1.29 is 9.53 Å². The lowest BCUT2D eigenvalue weighted by Gasteiger charge is -2.04. The van der Waals surface area contributed by atoms with E-state index in [2.05, 4.69) is 5.32 Å². The molecule has 2 aromatic rings. The van der Waals surface area contributed by atoms with Gasteiger partial charge in [-0.05, 0) is 24.3 Å². The molecule has 0 radical (unpaired) electrons. The lowest BCUT2D eigenvalue weighted by molar-refractivity contribution is 0.0969. The van der Waals surface area contributed by atoms with Gasteiger partial charge in [-0.3, -0.25) is 15.5 Å². The van der Waals surface area contributed by atoms with Crippen LogP contribution in [-0.2, 0) is 7.05 Å². The van der Waals surface area contributed by atoms with Gasteiger partial charge in [0.2, 0.25) is 0 Å². The smallest absolute Gasteiger partial charge is 0.274 e. The number of aryl methyl sites for hydroxylation is 1. The quantitative estimate of drug-likeness (QED) is 0.571. The average Bonchev–Trinajstić information content (AvgIpc) is 2.65. The molecule has 0 aliphatic heterocycles. The second-order valence-corrected chi connectivity index (χ2v) is 3.88. The van der Waals surface area contributed by atoms with E-state index in [0.29, 0.717) is 5.69 Å². The number of aromatic nitrogens is 1. The third-order valence-electron chi connectivity index (χ3n) is 2.73. The summed E-state index contributed by atoms with van der Waals surface area (Å²) in [7, 11) is 3.37. The van der Waals surface area contributed by atoms with E-state index in [9.17, 15) is 4.79 Å². The van der Waals surface area contributed by atoms with Crippen LogP contribution >= 0.6 is 12.4 Å². The molecule has 0 saturated heterocycles. The van der Waals surface area contributed by atoms with Gasteiger partial charge in [0, 0.05) is 18.0 Å². The van der Waals surface area contributed by atoms with Gasteiger partial charge in [-0.15, -0.1) is 12.4 Å². The molecule has 0 aliphatic rings. The molecule has 1 heterocycles. The Morgan fingerprint density at radius 3 is 2.68 bits per heavy atom. The highest BCUT2D eigenvalue weighted by molar-refractivity contribution is 6.06. The second kappa shape index (κ2) is 5.62. The number of benzene rings is 1. The lowest BCUT2D eigenvalue weighted by Crippen LogP contribution is -2.36. The van der Waals surface area contributed by atoms with Crippen molar-refractivity contribution in [1.29, 1.82) is 5.41 Å². The minimum Gasteiger partial charge on any atom is -0.497 e. The Labute approximate surface area is 116 Å². The Kier molecular flexibility index (Phi) is 4.39. The lowest BCUT2D eigenvalue weighted by atomic mass is 10.2. The summed E-state index contributed by atoms with van der Waals surface area (Å²) in [4.78, 5) is 11.8. The maximum absolute atomic E-state index is 11.8. The average molecular weight is 283 g/mol. The van der Waals surface area contributed by atoms with Crippen LogP contribution in [0.15, 0.2) is 24.3 Å². The summed E-state index contributed by atoms with van der Waals surface area (Å²) in [6.07, 6.45) is 0. The van der Waals surface area contributed by atoms with Crippen LogP contribution in [0.2, 0.25) is 0 Å². The molecule has 0 fully saturated rings. The van der Waals surface area contributed by atoms with Crippen molar-refractivity contribution in [3.8, 4) is 5.75 Å². The number of carbonyl (C=O) groups excluding carboxylic acids is 1. The molecule has 1 amide bonds. The topological polar surface area (TPSA) is 93.1 Å². The molecule has 1 aromatic carbocycles. The van der Waals surface area contributed by atoms with Gasteiger partial charge in [0.25, 0.3) is 5.91 Å². The Balaban J connectivity index is 0.00000180. The summed E-state index contributed by atoms with van der Waals surface area (Å²) in [5, 5.41) is 10.2. The van der Waals surface area contributed by atoms with E-state index >= 15 is 0 Å². The predicted octanol–water partition coefficient (Wildman–Crippen LogP) is 1.23. The molecule has 4 N–H and O–H groups in total. The largest absolute Gasteiger partial charge is 0.497 e. The fraction of sp³-hybridized carbons (Fsp3) is 0.167. The van der Waals surface area contributed by atoms with Crippen molar-refractivity contribution in [2.45, 2.75) is 0 Å². The molecule has 0 bridgehead atoms. The molecule has 7 heteroatoms. The highest BCUT2D eigenvalue weighted by Crippen LogP contribution is 2.23. The summed E-state index contributed by atoms with van der Waals surface area (Å²) in [5.74, 6) is -0.0466. The van der Waals surface area contributed by atoms with E-state index in [1.807, 2.05) is 18.2 Å². The third kappa shape index (κ3) is 2.79. The maximum atomic E-state index is 11.8. The number of amides is 1. The second-order valence-electron chi connectivity index (χ2n) is 3.88. The molecule has 102 valence electrons. The Morgan fingerprint density at radius 1 is 1.42 bits per heavy atom. The van der Waals surface area contributed by atoms with Crippen LogP contribution in [0.25, 0.3) is 10.9 Å². The van der Waals surface area contributed by atoms with Crippen LogP contribution in [0.1, 0.15) is 10.5 Å². The number of nitrogens with zero attached hydrogens (tertiary/aromatic N) is 1. The first-order chi connectivity index (χ1) is 8.52. The van der Waals surface area contributed by atoms with E-state index < -0.39 is 5.91 Å². The minimum absolute atomic E-state index is 0. The number of methoxy groups -OCH3 is 1. The van der Waals surface area contributed by atoms with Gasteiger partial charge < -0.3 is 15.0 Å². The standard InChI is InChI=1S/C12H14N4O2.ClH/c1-16-9-4-3-8(18-2)5-7(9)6-10(16)11(17)15-12(13)14;/h3-6H,1-2H3,(H4,13,14,15,17);1H. The molecule has 0 saturated carbocycles. The number of nitrogens with one attached hydrogen (secondary N) is 2. The molecule has 6 nitrogen and oxygen atoms in total. The van der Waals surface area contributed by atoms with Gasteiger partial charge in [0.05, 0.1) is 7.11 Å². The van der Waals surface area contributed by atoms with Crippen molar-refractivity contribution in [1.82, 2.24) is 9.88 Å². The predicted molar refractivity (Wildman–Crippen MR) is 76.1 cm³/mol. The summed E-state index contributed by atoms with van der Waals surface area (Å²) in [6.45, 7) is 0. The molecule has 0 unspecified atom stereocenters. The number of nitrogens with two attached hydrogens (primary N) is 1. The van der Waals surface area contributed by atoms with Crippen LogP contribution < -0.4 is 15.8 Å². The number of ether oxygens (including phenoxy) is 1.